The number of nitrogens with zero attached hydrogens (tertiary/aromatic N) is 2. The van der Waals surface area contributed by atoms with E-state index in [4.69, 9.17) is 5.73 Å². The van der Waals surface area contributed by atoms with Gasteiger partial charge in [0.1, 0.15) is 6.54 Å². The summed E-state index contributed by atoms with van der Waals surface area (Å²) >= 11 is 0. The third-order valence-electron chi connectivity index (χ3n) is 3.77. The fraction of sp³-hybridized carbons (Fsp3) is 0.643. The SMILES string of the molecule is CC(C)N(C)C(=O)Cn1ccc(C(N)C2CC2)c1. The summed E-state index contributed by atoms with van der Waals surface area (Å²) in [6.45, 7) is 4.43. The van der Waals surface area contributed by atoms with E-state index in [-0.39, 0.29) is 18.0 Å². The van der Waals surface area contributed by atoms with Gasteiger partial charge in [-0.25, -0.2) is 0 Å². The van der Waals surface area contributed by atoms with Gasteiger partial charge in [0.15, 0.2) is 0 Å². The van der Waals surface area contributed by atoms with Crippen LogP contribution in [-0.2, 0) is 11.3 Å². The largest absolute Gasteiger partial charge is 0.345 e. The average molecular weight is 249 g/mol. The number of rotatable bonds is 5. The van der Waals surface area contributed by atoms with Crippen LogP contribution in [-0.4, -0.2) is 28.5 Å². The first-order valence-corrected chi connectivity index (χ1v) is 6.66. The molecule has 18 heavy (non-hydrogen) atoms. The summed E-state index contributed by atoms with van der Waals surface area (Å²) < 4.78 is 1.93. The summed E-state index contributed by atoms with van der Waals surface area (Å²) in [6, 6.07) is 2.41. The number of hydrogen-bond acceptors (Lipinski definition) is 2. The predicted octanol–water partition coefficient (Wildman–Crippen LogP) is 1.76. The van der Waals surface area contributed by atoms with Crippen LogP contribution in [0, 0.1) is 5.92 Å². The first-order chi connectivity index (χ1) is 8.49. The van der Waals surface area contributed by atoms with Gasteiger partial charge in [0.05, 0.1) is 0 Å². The van der Waals surface area contributed by atoms with Gasteiger partial charge in [-0.15, -0.1) is 0 Å². The molecule has 1 unspecified atom stereocenters. The van der Waals surface area contributed by atoms with Crippen LogP contribution in [0.5, 0.6) is 0 Å². The summed E-state index contributed by atoms with van der Waals surface area (Å²) in [5, 5.41) is 0. The second kappa shape index (κ2) is 5.14. The number of nitrogens with two attached hydrogens (primary N) is 1. The second-order valence-corrected chi connectivity index (χ2v) is 5.58. The van der Waals surface area contributed by atoms with Gasteiger partial charge in [0.25, 0.3) is 0 Å². The molecule has 0 spiro atoms. The van der Waals surface area contributed by atoms with E-state index in [0.717, 1.165) is 5.56 Å². The quantitative estimate of drug-likeness (QED) is 0.864. The van der Waals surface area contributed by atoms with Crippen molar-refractivity contribution in [2.24, 2.45) is 11.7 Å². The maximum atomic E-state index is 12.0. The van der Waals surface area contributed by atoms with Crippen LogP contribution in [0.3, 0.4) is 0 Å². The highest BCUT2D eigenvalue weighted by atomic mass is 16.2. The molecule has 0 radical (unpaired) electrons. The smallest absolute Gasteiger partial charge is 0.242 e. The van der Waals surface area contributed by atoms with Gasteiger partial charge in [0.2, 0.25) is 5.91 Å². The average Bonchev–Trinajstić information content (AvgIpc) is 3.08. The highest BCUT2D eigenvalue weighted by Crippen LogP contribution is 2.39. The van der Waals surface area contributed by atoms with Gasteiger partial charge in [-0.3, -0.25) is 4.79 Å². The summed E-state index contributed by atoms with van der Waals surface area (Å²) in [5.41, 5.74) is 7.29. The van der Waals surface area contributed by atoms with Crippen molar-refractivity contribution in [1.82, 2.24) is 9.47 Å². The van der Waals surface area contributed by atoms with Crippen molar-refractivity contribution in [2.45, 2.75) is 45.3 Å². The Morgan fingerprint density at radius 3 is 2.78 bits per heavy atom. The van der Waals surface area contributed by atoms with Crippen LogP contribution in [0.15, 0.2) is 18.5 Å². The van der Waals surface area contributed by atoms with Crippen LogP contribution >= 0.6 is 0 Å². The molecule has 0 bridgehead atoms. The lowest BCUT2D eigenvalue weighted by Gasteiger charge is -2.21. The lowest BCUT2D eigenvalue weighted by molar-refractivity contribution is -0.131. The molecule has 1 aromatic heterocycles. The van der Waals surface area contributed by atoms with E-state index in [1.807, 2.05) is 43.9 Å². The predicted molar refractivity (Wildman–Crippen MR) is 72.0 cm³/mol. The Balaban J connectivity index is 1.95. The molecule has 1 aliphatic rings. The lowest BCUT2D eigenvalue weighted by Crippen LogP contribution is -2.35. The van der Waals surface area contributed by atoms with Gasteiger partial charge in [0, 0.05) is 31.5 Å². The van der Waals surface area contributed by atoms with Crippen molar-refractivity contribution in [2.75, 3.05) is 7.05 Å². The lowest BCUT2D eigenvalue weighted by atomic mass is 10.1. The number of amides is 1. The van der Waals surface area contributed by atoms with Gasteiger partial charge >= 0.3 is 0 Å². The Bertz CT molecular complexity index is 420. The second-order valence-electron chi connectivity index (χ2n) is 5.58. The van der Waals surface area contributed by atoms with Crippen molar-refractivity contribution in [3.8, 4) is 0 Å². The molecule has 0 aliphatic heterocycles. The van der Waals surface area contributed by atoms with Crippen LogP contribution in [0.2, 0.25) is 0 Å². The zero-order chi connectivity index (χ0) is 13.3. The molecule has 1 aliphatic carbocycles. The third-order valence-corrected chi connectivity index (χ3v) is 3.77. The third kappa shape index (κ3) is 2.93. The normalized spacial score (nSPS) is 16.9. The molecule has 0 aromatic carbocycles. The highest BCUT2D eigenvalue weighted by molar-refractivity contribution is 5.76. The Hall–Kier alpha value is -1.29. The van der Waals surface area contributed by atoms with E-state index in [9.17, 15) is 4.79 Å². The Morgan fingerprint density at radius 1 is 1.56 bits per heavy atom. The van der Waals surface area contributed by atoms with E-state index < -0.39 is 0 Å². The Kier molecular flexibility index (Phi) is 3.76. The zero-order valence-electron chi connectivity index (χ0n) is 11.5. The first-order valence-electron chi connectivity index (χ1n) is 6.66. The minimum absolute atomic E-state index is 0.132. The molecule has 1 heterocycles. The molecule has 1 aromatic rings. The van der Waals surface area contributed by atoms with Gasteiger partial charge < -0.3 is 15.2 Å². The molecule has 0 saturated heterocycles. The summed E-state index contributed by atoms with van der Waals surface area (Å²) in [5.74, 6) is 0.780. The van der Waals surface area contributed by atoms with E-state index in [2.05, 4.69) is 0 Å². The summed E-state index contributed by atoms with van der Waals surface area (Å²) in [7, 11) is 1.84. The van der Waals surface area contributed by atoms with Crippen LogP contribution in [0.1, 0.15) is 38.3 Å². The maximum absolute atomic E-state index is 12.0. The molecule has 100 valence electrons. The fourth-order valence-electron chi connectivity index (χ4n) is 2.04. The first kappa shape index (κ1) is 13.1. The van der Waals surface area contributed by atoms with Crippen molar-refractivity contribution < 1.29 is 4.79 Å². The summed E-state index contributed by atoms with van der Waals surface area (Å²) in [6.07, 6.45) is 6.43. The Morgan fingerprint density at radius 2 is 2.22 bits per heavy atom. The Labute approximate surface area is 109 Å². The molecule has 2 rings (SSSR count). The fourth-order valence-corrected chi connectivity index (χ4v) is 2.04. The van der Waals surface area contributed by atoms with Crippen LogP contribution in [0.25, 0.3) is 0 Å². The van der Waals surface area contributed by atoms with E-state index >= 15 is 0 Å². The molecular weight excluding hydrogens is 226 g/mol. The topological polar surface area (TPSA) is 51.3 Å². The molecule has 4 nitrogen and oxygen atoms in total. The van der Waals surface area contributed by atoms with E-state index in [1.165, 1.54) is 12.8 Å². The number of carbonyl (C=O) groups is 1. The number of aromatic nitrogens is 1. The molecule has 1 atom stereocenters. The van der Waals surface area contributed by atoms with Crippen LogP contribution < -0.4 is 5.73 Å². The number of hydrogen-bond donors (Lipinski definition) is 1. The zero-order valence-corrected chi connectivity index (χ0v) is 11.5. The monoisotopic (exact) mass is 249 g/mol. The van der Waals surface area contributed by atoms with Gasteiger partial charge in [-0.2, -0.15) is 0 Å². The molecule has 2 N–H and O–H groups in total. The molecule has 1 amide bonds. The summed E-state index contributed by atoms with van der Waals surface area (Å²) in [4.78, 5) is 13.7. The van der Waals surface area contributed by atoms with Gasteiger partial charge in [-0.1, -0.05) is 0 Å². The van der Waals surface area contributed by atoms with Crippen molar-refractivity contribution in [1.29, 1.82) is 0 Å². The molecular formula is C14H23N3O. The van der Waals surface area contributed by atoms with E-state index in [0.29, 0.717) is 12.5 Å². The van der Waals surface area contributed by atoms with Crippen molar-refractivity contribution in [3.05, 3.63) is 24.0 Å². The molecule has 1 saturated carbocycles. The van der Waals surface area contributed by atoms with Gasteiger partial charge in [-0.05, 0) is 44.2 Å². The molecule has 1 fully saturated rings. The highest BCUT2D eigenvalue weighted by Gasteiger charge is 2.29. The van der Waals surface area contributed by atoms with E-state index in [1.54, 1.807) is 4.90 Å². The molecule has 4 heteroatoms. The van der Waals surface area contributed by atoms with Crippen LogP contribution in [0.4, 0.5) is 0 Å². The number of carbonyl (C=O) groups excluding carboxylic acids is 1. The maximum Gasteiger partial charge on any atom is 0.242 e. The minimum Gasteiger partial charge on any atom is -0.345 e. The van der Waals surface area contributed by atoms with Crippen molar-refractivity contribution >= 4 is 5.91 Å². The number of likely N-dealkylation sites (N-methyl/N-ethyl adjacent to an activating group) is 1. The van der Waals surface area contributed by atoms with Crippen molar-refractivity contribution in [3.63, 3.8) is 0 Å². The minimum atomic E-state index is 0.132. The standard InChI is InChI=1S/C14H23N3O/c1-10(2)16(3)13(18)9-17-7-6-12(8-17)14(15)11-4-5-11/h6-8,10-11,14H,4-5,9,15H2,1-3H3.